The first-order chi connectivity index (χ1) is 17.5. The number of halogens is 2. The lowest BCUT2D eigenvalue weighted by atomic mass is 9.56. The van der Waals surface area contributed by atoms with Gasteiger partial charge in [-0.15, -0.1) is 5.10 Å². The van der Waals surface area contributed by atoms with E-state index in [1.54, 1.807) is 31.2 Å². The quantitative estimate of drug-likeness (QED) is 0.510. The molecule has 2 aliphatic rings. The van der Waals surface area contributed by atoms with Crippen LogP contribution in [0.3, 0.4) is 0 Å². The summed E-state index contributed by atoms with van der Waals surface area (Å²) in [6.45, 7) is 3.30. The van der Waals surface area contributed by atoms with Crippen LogP contribution in [-0.2, 0) is 26.7 Å². The molecule has 2 fully saturated rings. The van der Waals surface area contributed by atoms with Gasteiger partial charge in [-0.2, -0.15) is 4.31 Å². The number of nitrogens with zero attached hydrogens (tertiary/aromatic N) is 2. The highest BCUT2D eigenvalue weighted by molar-refractivity contribution is 7.89. The number of H-pyrrole nitrogens is 1. The van der Waals surface area contributed by atoms with E-state index in [4.69, 9.17) is 9.15 Å². The topological polar surface area (TPSA) is 106 Å². The molecular weight excluding hydrogens is 504 g/mol. The lowest BCUT2D eigenvalue weighted by molar-refractivity contribution is -0.101. The fraction of sp³-hybridized carbons (Fsp3) is 0.462. The smallest absolute Gasteiger partial charge is 0.391 e. The number of sulfonamides is 1. The summed E-state index contributed by atoms with van der Waals surface area (Å²) in [6, 6.07) is 10.6. The first-order valence-corrected chi connectivity index (χ1v) is 13.6. The molecule has 1 aromatic heterocycles. The molecule has 3 aromatic rings. The van der Waals surface area contributed by atoms with Gasteiger partial charge in [-0.3, -0.25) is 0 Å². The van der Waals surface area contributed by atoms with Gasteiger partial charge in [-0.25, -0.2) is 27.1 Å². The predicted octanol–water partition coefficient (Wildman–Crippen LogP) is 4.18. The number of ether oxygens (including phenoxy) is 1. The number of benzene rings is 2. The van der Waals surface area contributed by atoms with Gasteiger partial charge in [0.15, 0.2) is 0 Å². The minimum absolute atomic E-state index is 0.0183. The molecular formula is C26H29F2N3O5S. The Morgan fingerprint density at radius 1 is 1.16 bits per heavy atom. The van der Waals surface area contributed by atoms with Crippen LogP contribution < -0.4 is 5.76 Å². The van der Waals surface area contributed by atoms with Gasteiger partial charge in [0.2, 0.25) is 15.9 Å². The van der Waals surface area contributed by atoms with Gasteiger partial charge < -0.3 is 9.15 Å². The molecule has 8 nitrogen and oxygen atoms in total. The molecule has 198 valence electrons. The summed E-state index contributed by atoms with van der Waals surface area (Å²) in [7, 11) is -2.30. The zero-order chi connectivity index (χ0) is 26.6. The number of methoxy groups -OCH3 is 1. The van der Waals surface area contributed by atoms with E-state index >= 15 is 8.78 Å². The van der Waals surface area contributed by atoms with Crippen LogP contribution in [0.5, 0.6) is 0 Å². The maximum absolute atomic E-state index is 15.6. The lowest BCUT2D eigenvalue weighted by Gasteiger charge is -2.52. The number of aromatic nitrogens is 2. The highest BCUT2D eigenvalue weighted by Gasteiger charge is 2.59. The molecule has 11 heteroatoms. The van der Waals surface area contributed by atoms with Gasteiger partial charge >= 0.3 is 5.76 Å². The van der Waals surface area contributed by atoms with E-state index in [0.717, 1.165) is 12.1 Å². The van der Waals surface area contributed by atoms with Crippen molar-refractivity contribution in [1.82, 2.24) is 14.5 Å². The SMILES string of the molecule is CO[C@]1(C)C[C@](c2n[nH]c(=O)o2)(c2cc(F)c(CN3[C@@H](C)CC[C@H](c4ccccc4)S3(=O)=O)cc2F)C1. The average molecular weight is 534 g/mol. The van der Waals surface area contributed by atoms with Crippen molar-refractivity contribution in [3.8, 4) is 0 Å². The second-order valence-electron chi connectivity index (χ2n) is 10.3. The van der Waals surface area contributed by atoms with Crippen LogP contribution in [0.2, 0.25) is 0 Å². The summed E-state index contributed by atoms with van der Waals surface area (Å²) in [5.41, 5.74) is -1.25. The Morgan fingerprint density at radius 2 is 1.86 bits per heavy atom. The summed E-state index contributed by atoms with van der Waals surface area (Å²) in [6.07, 6.45) is 1.49. The number of nitrogens with one attached hydrogen (secondary N) is 1. The van der Waals surface area contributed by atoms with E-state index in [2.05, 4.69) is 10.2 Å². The van der Waals surface area contributed by atoms with E-state index in [1.807, 2.05) is 13.0 Å². The largest absolute Gasteiger partial charge is 0.434 e. The molecule has 1 N–H and O–H groups in total. The van der Waals surface area contributed by atoms with Crippen molar-refractivity contribution in [2.75, 3.05) is 7.11 Å². The third-order valence-corrected chi connectivity index (χ3v) is 10.2. The Morgan fingerprint density at radius 3 is 2.49 bits per heavy atom. The van der Waals surface area contributed by atoms with Gasteiger partial charge in [0.05, 0.1) is 11.0 Å². The van der Waals surface area contributed by atoms with Crippen LogP contribution >= 0.6 is 0 Å². The number of rotatable bonds is 6. The predicted molar refractivity (Wildman–Crippen MR) is 131 cm³/mol. The standard InChI is InChI=1S/C26H29F2N3O5S/c1-16-9-10-22(17-7-5-4-6-8-17)37(33,34)31(16)13-18-11-21(28)19(12-20(18)27)26(14-25(2,15-26)35-3)23-29-30-24(32)36-23/h4-8,11-12,16,22H,9-10,13-15H2,1-3H3,(H,30,32)/t16-,22+,25-,26-/m0/s1. The van der Waals surface area contributed by atoms with Gasteiger partial charge in [-0.1, -0.05) is 30.3 Å². The van der Waals surface area contributed by atoms with Crippen LogP contribution in [0, 0.1) is 11.6 Å². The summed E-state index contributed by atoms with van der Waals surface area (Å²) >= 11 is 0. The fourth-order valence-corrected chi connectivity index (χ4v) is 8.04. The van der Waals surface area contributed by atoms with E-state index < -0.39 is 43.7 Å². The number of hydrogen-bond acceptors (Lipinski definition) is 6. The Balaban J connectivity index is 1.49. The molecule has 0 radical (unpaired) electrons. The fourth-order valence-electron chi connectivity index (χ4n) is 5.86. The van der Waals surface area contributed by atoms with Gasteiger partial charge in [0, 0.05) is 30.8 Å². The third kappa shape index (κ3) is 4.32. The normalized spacial score (nSPS) is 29.6. The summed E-state index contributed by atoms with van der Waals surface area (Å²) in [4.78, 5) is 11.6. The zero-order valence-electron chi connectivity index (χ0n) is 20.8. The number of aromatic amines is 1. The summed E-state index contributed by atoms with van der Waals surface area (Å²) in [5.74, 6) is -2.32. The maximum atomic E-state index is 15.6. The molecule has 2 heterocycles. The molecule has 0 bridgehead atoms. The molecule has 0 spiro atoms. The van der Waals surface area contributed by atoms with Crippen molar-refractivity contribution in [1.29, 1.82) is 0 Å². The van der Waals surface area contributed by atoms with Crippen molar-refractivity contribution >= 4 is 10.0 Å². The summed E-state index contributed by atoms with van der Waals surface area (Å²) in [5, 5.41) is 5.34. The van der Waals surface area contributed by atoms with Crippen LogP contribution in [-0.4, -0.2) is 41.7 Å². The van der Waals surface area contributed by atoms with Gasteiger partial charge in [-0.05, 0) is 57.2 Å². The Bertz CT molecular complexity index is 1460. The highest BCUT2D eigenvalue weighted by atomic mass is 32.2. The first-order valence-electron chi connectivity index (χ1n) is 12.1. The molecule has 37 heavy (non-hydrogen) atoms. The Labute approximate surface area is 213 Å². The minimum atomic E-state index is -3.82. The molecule has 2 atom stereocenters. The molecule has 0 amide bonds. The molecule has 1 aliphatic heterocycles. The number of hydrogen-bond donors (Lipinski definition) is 1. The Hall–Kier alpha value is -2.89. The zero-order valence-corrected chi connectivity index (χ0v) is 21.6. The molecule has 1 saturated heterocycles. The van der Waals surface area contributed by atoms with Crippen molar-refractivity contribution < 1.29 is 26.4 Å². The van der Waals surface area contributed by atoms with Crippen molar-refractivity contribution in [2.24, 2.45) is 0 Å². The van der Waals surface area contributed by atoms with Crippen LogP contribution in [0.15, 0.2) is 51.7 Å². The monoisotopic (exact) mass is 533 g/mol. The van der Waals surface area contributed by atoms with Gasteiger partial charge in [0.25, 0.3) is 0 Å². The van der Waals surface area contributed by atoms with Gasteiger partial charge in [0.1, 0.15) is 16.9 Å². The van der Waals surface area contributed by atoms with E-state index in [-0.39, 0.29) is 42.4 Å². The molecule has 2 aromatic carbocycles. The van der Waals surface area contributed by atoms with E-state index in [1.165, 1.54) is 11.4 Å². The first kappa shape index (κ1) is 25.7. The maximum Gasteiger partial charge on any atom is 0.434 e. The van der Waals surface area contributed by atoms with Crippen LogP contribution in [0.25, 0.3) is 0 Å². The molecule has 0 unspecified atom stereocenters. The van der Waals surface area contributed by atoms with Crippen molar-refractivity contribution in [2.45, 2.75) is 68.4 Å². The molecule has 5 rings (SSSR count). The molecule has 1 aliphatic carbocycles. The molecule has 1 saturated carbocycles. The van der Waals surface area contributed by atoms with Crippen LogP contribution in [0.1, 0.15) is 67.4 Å². The third-order valence-electron chi connectivity index (χ3n) is 7.87. The average Bonchev–Trinajstić information content (AvgIpc) is 3.28. The second-order valence-corrected chi connectivity index (χ2v) is 12.4. The van der Waals surface area contributed by atoms with Crippen LogP contribution in [0.4, 0.5) is 8.78 Å². The highest BCUT2D eigenvalue weighted by Crippen LogP contribution is 2.56. The van der Waals surface area contributed by atoms with E-state index in [0.29, 0.717) is 18.4 Å². The van der Waals surface area contributed by atoms with Crippen molar-refractivity contribution in [3.63, 3.8) is 0 Å². The van der Waals surface area contributed by atoms with Crippen molar-refractivity contribution in [3.05, 3.63) is 87.2 Å². The summed E-state index contributed by atoms with van der Waals surface area (Å²) < 4.78 is 70.2. The Kier molecular flexibility index (Phi) is 6.36. The van der Waals surface area contributed by atoms with E-state index in [9.17, 15) is 13.2 Å². The lowest BCUT2D eigenvalue weighted by Crippen LogP contribution is -2.55. The minimum Gasteiger partial charge on any atom is -0.391 e. The second kappa shape index (κ2) is 9.14.